The largest absolute Gasteiger partial charge is 0.452 e. The van der Waals surface area contributed by atoms with E-state index in [-0.39, 0.29) is 27.8 Å². The number of nitrogens with zero attached hydrogens (tertiary/aromatic N) is 3. The second-order valence-electron chi connectivity index (χ2n) is 5.69. The van der Waals surface area contributed by atoms with Gasteiger partial charge in [0.1, 0.15) is 11.3 Å². The van der Waals surface area contributed by atoms with Crippen LogP contribution in [-0.4, -0.2) is 33.4 Å². The summed E-state index contributed by atoms with van der Waals surface area (Å²) >= 11 is 5.93. The number of hydrogen-bond acceptors (Lipinski definition) is 8. The molecule has 0 aliphatic heterocycles. The minimum Gasteiger partial charge on any atom is -0.452 e. The van der Waals surface area contributed by atoms with Gasteiger partial charge in [0.25, 0.3) is 11.6 Å². The van der Waals surface area contributed by atoms with Crippen LogP contribution in [0.3, 0.4) is 0 Å². The van der Waals surface area contributed by atoms with Crippen molar-refractivity contribution < 1.29 is 24.0 Å². The Labute approximate surface area is 174 Å². The highest BCUT2D eigenvalue weighted by Gasteiger charge is 2.18. The van der Waals surface area contributed by atoms with Crippen LogP contribution in [0.4, 0.5) is 11.4 Å². The number of halogens is 1. The molecule has 3 aromatic rings. The Kier molecular flexibility index (Phi) is 6.50. The molecule has 2 heterocycles. The summed E-state index contributed by atoms with van der Waals surface area (Å²) < 4.78 is 10.5. The summed E-state index contributed by atoms with van der Waals surface area (Å²) in [5, 5.41) is 13.3. The number of anilines is 1. The lowest BCUT2D eigenvalue weighted by Crippen LogP contribution is -2.21. The predicted molar refractivity (Wildman–Crippen MR) is 106 cm³/mol. The van der Waals surface area contributed by atoms with Crippen LogP contribution in [0.2, 0.25) is 5.02 Å². The van der Waals surface area contributed by atoms with Crippen LogP contribution in [0.15, 0.2) is 61.1 Å². The van der Waals surface area contributed by atoms with Crippen molar-refractivity contribution in [1.29, 1.82) is 0 Å². The van der Waals surface area contributed by atoms with Crippen molar-refractivity contribution in [3.8, 4) is 11.6 Å². The summed E-state index contributed by atoms with van der Waals surface area (Å²) in [6.45, 7) is -0.654. The SMILES string of the molecule is O=C(COC(=O)c1cccnc1Oc1cccnc1)Nc1cc([N+](=O)[O-])ccc1Cl. The number of pyridine rings is 2. The Bertz CT molecular complexity index is 1090. The Balaban J connectivity index is 1.64. The summed E-state index contributed by atoms with van der Waals surface area (Å²) in [7, 11) is 0. The van der Waals surface area contributed by atoms with Gasteiger partial charge in [0.05, 0.1) is 21.8 Å². The van der Waals surface area contributed by atoms with Gasteiger partial charge in [-0.1, -0.05) is 11.6 Å². The minimum absolute atomic E-state index is 0.00235. The third kappa shape index (κ3) is 5.26. The second-order valence-corrected chi connectivity index (χ2v) is 6.10. The Morgan fingerprint density at radius 2 is 1.97 bits per heavy atom. The highest BCUT2D eigenvalue weighted by Crippen LogP contribution is 2.27. The van der Waals surface area contributed by atoms with Crippen LogP contribution < -0.4 is 10.1 Å². The van der Waals surface area contributed by atoms with Gasteiger partial charge < -0.3 is 14.8 Å². The average molecular weight is 429 g/mol. The van der Waals surface area contributed by atoms with E-state index in [1.807, 2.05) is 0 Å². The number of rotatable bonds is 7. The maximum atomic E-state index is 12.4. The molecule has 0 spiro atoms. The quantitative estimate of drug-likeness (QED) is 0.342. The molecular weight excluding hydrogens is 416 g/mol. The Morgan fingerprint density at radius 1 is 1.17 bits per heavy atom. The molecule has 0 radical (unpaired) electrons. The van der Waals surface area contributed by atoms with Crippen LogP contribution in [0, 0.1) is 10.1 Å². The molecule has 3 rings (SSSR count). The van der Waals surface area contributed by atoms with Gasteiger partial charge in [-0.15, -0.1) is 0 Å². The van der Waals surface area contributed by atoms with Crippen molar-refractivity contribution in [2.75, 3.05) is 11.9 Å². The molecule has 0 aliphatic rings. The molecule has 2 aromatic heterocycles. The van der Waals surface area contributed by atoms with Crippen molar-refractivity contribution >= 4 is 34.9 Å². The number of nitrogens with one attached hydrogen (secondary N) is 1. The van der Waals surface area contributed by atoms with Gasteiger partial charge in [-0.3, -0.25) is 19.9 Å². The molecule has 0 saturated carbocycles. The molecule has 0 atom stereocenters. The molecule has 1 aromatic carbocycles. The first kappa shape index (κ1) is 20.7. The third-order valence-corrected chi connectivity index (χ3v) is 3.94. The molecule has 10 nitrogen and oxygen atoms in total. The molecule has 152 valence electrons. The zero-order valence-corrected chi connectivity index (χ0v) is 15.9. The lowest BCUT2D eigenvalue weighted by molar-refractivity contribution is -0.384. The van der Waals surface area contributed by atoms with Crippen LogP contribution >= 0.6 is 11.6 Å². The number of nitro benzene ring substituents is 1. The summed E-state index contributed by atoms with van der Waals surface area (Å²) in [6, 6.07) is 9.80. The molecule has 11 heteroatoms. The van der Waals surface area contributed by atoms with Crippen molar-refractivity contribution in [1.82, 2.24) is 9.97 Å². The highest BCUT2D eigenvalue weighted by atomic mass is 35.5. The molecular formula is C19H13ClN4O6. The number of nitro groups is 1. The average Bonchev–Trinajstić information content (AvgIpc) is 2.74. The fourth-order valence-electron chi connectivity index (χ4n) is 2.26. The van der Waals surface area contributed by atoms with E-state index < -0.39 is 23.4 Å². The zero-order valence-electron chi connectivity index (χ0n) is 15.1. The van der Waals surface area contributed by atoms with Gasteiger partial charge in [-0.25, -0.2) is 9.78 Å². The fourth-order valence-corrected chi connectivity index (χ4v) is 2.43. The van der Waals surface area contributed by atoms with E-state index in [4.69, 9.17) is 21.1 Å². The third-order valence-electron chi connectivity index (χ3n) is 3.61. The van der Waals surface area contributed by atoms with Gasteiger partial charge in [-0.2, -0.15) is 0 Å². The van der Waals surface area contributed by atoms with Crippen molar-refractivity contribution in [3.63, 3.8) is 0 Å². The van der Waals surface area contributed by atoms with E-state index >= 15 is 0 Å². The van der Waals surface area contributed by atoms with Crippen LogP contribution in [0.25, 0.3) is 0 Å². The van der Waals surface area contributed by atoms with E-state index in [9.17, 15) is 19.7 Å². The van der Waals surface area contributed by atoms with Crippen LogP contribution in [0.1, 0.15) is 10.4 Å². The monoisotopic (exact) mass is 428 g/mol. The molecule has 30 heavy (non-hydrogen) atoms. The maximum Gasteiger partial charge on any atom is 0.344 e. The van der Waals surface area contributed by atoms with E-state index in [0.717, 1.165) is 6.07 Å². The van der Waals surface area contributed by atoms with E-state index in [0.29, 0.717) is 5.75 Å². The zero-order chi connectivity index (χ0) is 21.5. The number of ether oxygens (including phenoxy) is 2. The van der Waals surface area contributed by atoms with Crippen LogP contribution in [-0.2, 0) is 9.53 Å². The van der Waals surface area contributed by atoms with Gasteiger partial charge in [0.15, 0.2) is 6.61 Å². The minimum atomic E-state index is -0.845. The summed E-state index contributed by atoms with van der Waals surface area (Å²) in [4.78, 5) is 42.6. The number of benzene rings is 1. The van der Waals surface area contributed by atoms with Crippen molar-refractivity contribution in [2.45, 2.75) is 0 Å². The number of esters is 1. The topological polar surface area (TPSA) is 134 Å². The van der Waals surface area contributed by atoms with Gasteiger partial charge >= 0.3 is 5.97 Å². The van der Waals surface area contributed by atoms with Crippen molar-refractivity contribution in [2.24, 2.45) is 0 Å². The first-order valence-electron chi connectivity index (χ1n) is 8.38. The predicted octanol–water partition coefficient (Wildman–Crippen LogP) is 3.63. The molecule has 1 amide bonds. The number of carbonyl (C=O) groups is 2. The number of aromatic nitrogens is 2. The molecule has 0 bridgehead atoms. The highest BCUT2D eigenvalue weighted by molar-refractivity contribution is 6.33. The van der Waals surface area contributed by atoms with E-state index in [1.54, 1.807) is 18.3 Å². The van der Waals surface area contributed by atoms with Crippen molar-refractivity contribution in [3.05, 3.63) is 81.8 Å². The lowest BCUT2D eigenvalue weighted by atomic mass is 10.2. The Morgan fingerprint density at radius 3 is 2.70 bits per heavy atom. The number of hydrogen-bond donors (Lipinski definition) is 1. The smallest absolute Gasteiger partial charge is 0.344 e. The Hall–Kier alpha value is -4.05. The lowest BCUT2D eigenvalue weighted by Gasteiger charge is -2.10. The molecule has 1 N–H and O–H groups in total. The second kappa shape index (κ2) is 9.43. The van der Waals surface area contributed by atoms with E-state index in [2.05, 4.69) is 15.3 Å². The number of amides is 1. The first-order chi connectivity index (χ1) is 14.4. The van der Waals surface area contributed by atoms with Gasteiger partial charge in [0, 0.05) is 24.5 Å². The van der Waals surface area contributed by atoms with Gasteiger partial charge in [0.2, 0.25) is 5.88 Å². The normalized spacial score (nSPS) is 10.2. The maximum absolute atomic E-state index is 12.4. The first-order valence-corrected chi connectivity index (χ1v) is 8.75. The number of non-ortho nitro benzene ring substituents is 1. The van der Waals surface area contributed by atoms with E-state index in [1.165, 1.54) is 36.7 Å². The van der Waals surface area contributed by atoms with Gasteiger partial charge in [-0.05, 0) is 30.3 Å². The fraction of sp³-hybridized carbons (Fsp3) is 0.0526. The summed E-state index contributed by atoms with van der Waals surface area (Å²) in [5.74, 6) is -1.23. The van der Waals surface area contributed by atoms with Crippen LogP contribution in [0.5, 0.6) is 11.6 Å². The molecule has 0 fully saturated rings. The number of carbonyl (C=O) groups excluding carboxylic acids is 2. The molecule has 0 unspecified atom stereocenters. The summed E-state index contributed by atoms with van der Waals surface area (Å²) in [5.41, 5.74) is -0.226. The molecule has 0 saturated heterocycles. The molecule has 0 aliphatic carbocycles. The standard InChI is InChI=1S/C19H13ClN4O6/c20-15-6-5-12(24(27)28)9-16(15)23-17(25)11-29-19(26)14-4-2-8-22-18(14)30-13-3-1-7-21-10-13/h1-10H,11H2,(H,23,25). The summed E-state index contributed by atoms with van der Waals surface area (Å²) in [6.07, 6.45) is 4.44.